The van der Waals surface area contributed by atoms with E-state index in [9.17, 15) is 0 Å². The largest absolute Gasteiger partial charge is 0.481 e. The molecule has 1 aromatic rings. The lowest BCUT2D eigenvalue weighted by molar-refractivity contribution is 0.215. The third-order valence-corrected chi connectivity index (χ3v) is 6.20. The third-order valence-electron chi connectivity index (χ3n) is 6.20. The molecule has 1 aliphatic heterocycles. The molecule has 0 saturated carbocycles. The van der Waals surface area contributed by atoms with Crippen LogP contribution in [-0.4, -0.2) is 26.5 Å². The maximum Gasteiger partial charge on any atom is 0.212 e. The summed E-state index contributed by atoms with van der Waals surface area (Å²) < 4.78 is 9.55. The molecule has 1 aliphatic rings. The number of ether oxygens (including phenoxy) is 2. The molecule has 1 heterocycles. The van der Waals surface area contributed by atoms with Gasteiger partial charge in [0.15, 0.2) is 0 Å². The number of unbranched alkanes of at least 4 members (excludes halogenated alkanes) is 4. The molecule has 3 heteroatoms. The molecular formula is C35H61NO2. The maximum atomic E-state index is 5.01. The van der Waals surface area contributed by atoms with Crippen LogP contribution >= 0.6 is 0 Å². The van der Waals surface area contributed by atoms with Crippen LogP contribution in [0, 0.1) is 32.1 Å². The van der Waals surface area contributed by atoms with Crippen LogP contribution < -0.4 is 0 Å². The van der Waals surface area contributed by atoms with E-state index < -0.39 is 0 Å². The second-order valence-electron chi connectivity index (χ2n) is 9.30. The van der Waals surface area contributed by atoms with Crippen molar-refractivity contribution in [2.24, 2.45) is 10.9 Å². The number of terminal acetylenes is 1. The average Bonchev–Trinajstić information content (AvgIpc) is 3.08. The van der Waals surface area contributed by atoms with Gasteiger partial charge in [-0.2, -0.15) is 0 Å². The summed E-state index contributed by atoms with van der Waals surface area (Å²) in [6.45, 7) is 22.0. The van der Waals surface area contributed by atoms with Crippen LogP contribution in [0.25, 0.3) is 0 Å². The van der Waals surface area contributed by atoms with E-state index in [0.29, 0.717) is 11.8 Å². The van der Waals surface area contributed by atoms with Gasteiger partial charge in [-0.15, -0.1) is 12.3 Å². The fourth-order valence-electron chi connectivity index (χ4n) is 3.40. The lowest BCUT2D eigenvalue weighted by atomic mass is 9.95. The van der Waals surface area contributed by atoms with Crippen molar-refractivity contribution in [1.29, 1.82) is 0 Å². The molecule has 1 unspecified atom stereocenters. The summed E-state index contributed by atoms with van der Waals surface area (Å²) in [6.07, 6.45) is 21.2. The number of benzene rings is 1. The fraction of sp³-hybridized carbons (Fsp3) is 0.629. The van der Waals surface area contributed by atoms with Gasteiger partial charge in [0, 0.05) is 25.3 Å². The van der Waals surface area contributed by atoms with E-state index >= 15 is 0 Å². The number of aliphatic imine (C=N–C) groups is 1. The third kappa shape index (κ3) is 21.7. The van der Waals surface area contributed by atoms with Gasteiger partial charge in [0.25, 0.3) is 0 Å². The summed E-state index contributed by atoms with van der Waals surface area (Å²) in [7, 11) is 3.31. The number of methoxy groups -OCH3 is 2. The fourth-order valence-corrected chi connectivity index (χ4v) is 3.40. The van der Waals surface area contributed by atoms with Crippen molar-refractivity contribution in [2.45, 2.75) is 121 Å². The zero-order chi connectivity index (χ0) is 29.8. The minimum absolute atomic E-state index is 0.416. The Hall–Kier alpha value is -2.31. The molecular weight excluding hydrogens is 466 g/mol. The van der Waals surface area contributed by atoms with E-state index in [4.69, 9.17) is 4.74 Å². The van der Waals surface area contributed by atoms with Crippen LogP contribution in [0.4, 0.5) is 0 Å². The Morgan fingerprint density at radius 2 is 1.37 bits per heavy atom. The highest BCUT2D eigenvalue weighted by Crippen LogP contribution is 2.19. The molecule has 38 heavy (non-hydrogen) atoms. The molecule has 0 N–H and O–H groups in total. The van der Waals surface area contributed by atoms with Gasteiger partial charge < -0.3 is 9.47 Å². The van der Waals surface area contributed by atoms with Gasteiger partial charge in [-0.1, -0.05) is 97.4 Å². The van der Waals surface area contributed by atoms with Crippen molar-refractivity contribution in [2.75, 3.05) is 20.8 Å². The lowest BCUT2D eigenvalue weighted by Gasteiger charge is -2.11. The van der Waals surface area contributed by atoms with Crippen LogP contribution in [0.2, 0.25) is 0 Å². The Bertz CT molecular complexity index is 806. The van der Waals surface area contributed by atoms with E-state index in [1.54, 1.807) is 21.1 Å². The van der Waals surface area contributed by atoms with Crippen molar-refractivity contribution in [1.82, 2.24) is 0 Å². The van der Waals surface area contributed by atoms with E-state index in [0.717, 1.165) is 18.7 Å². The number of rotatable bonds is 9. The zero-order valence-electron chi connectivity index (χ0n) is 27.2. The van der Waals surface area contributed by atoms with Gasteiger partial charge in [0.05, 0.1) is 7.11 Å². The van der Waals surface area contributed by atoms with Crippen LogP contribution in [0.15, 0.2) is 41.2 Å². The van der Waals surface area contributed by atoms with Crippen molar-refractivity contribution in [3.8, 4) is 12.3 Å². The first kappa shape index (κ1) is 40.2. The van der Waals surface area contributed by atoms with E-state index in [1.807, 2.05) is 26.0 Å². The predicted molar refractivity (Wildman–Crippen MR) is 172 cm³/mol. The Morgan fingerprint density at radius 1 is 0.868 bits per heavy atom. The van der Waals surface area contributed by atoms with Gasteiger partial charge in [0.2, 0.25) is 5.88 Å². The first-order valence-electron chi connectivity index (χ1n) is 14.6. The summed E-state index contributed by atoms with van der Waals surface area (Å²) in [5, 5.41) is 0. The number of hydrogen-bond donors (Lipinski definition) is 0. The van der Waals surface area contributed by atoms with Gasteiger partial charge in [-0.25, -0.2) is 4.99 Å². The normalized spacial score (nSPS) is 13.2. The van der Waals surface area contributed by atoms with Crippen molar-refractivity contribution in [3.05, 3.63) is 58.5 Å². The van der Waals surface area contributed by atoms with E-state index in [1.165, 1.54) is 67.2 Å². The molecule has 0 spiro atoms. The monoisotopic (exact) mass is 527 g/mol. The standard InChI is InChI=1S/C13H20.C9H13NO.C7H16.C3H8O.C3H4/c1-5-7-13-9-8-12(6-2)10(3)11(13)4;1-7-5-4-6-9(11-3)10-8(7)2;1-3-5-7-6-4-2;1-3-4-2;1-3-2/h8-9H,5-7H2,1-4H3;4-7H,1-3H3;3-7H2,1-2H3;3H2,1-2H3;1H,2H3. The Morgan fingerprint density at radius 3 is 1.79 bits per heavy atom. The quantitative estimate of drug-likeness (QED) is 0.236. The maximum absolute atomic E-state index is 5.01. The SMILES string of the molecule is C#CC.CCCCCCC.CCCc1ccc(CC)c(C)c1C.CCOC.COC1=CC=CC(C)C(C)=N1. The molecule has 0 aliphatic carbocycles. The van der Waals surface area contributed by atoms with E-state index in [-0.39, 0.29) is 0 Å². The average molecular weight is 528 g/mol. The molecule has 0 aromatic heterocycles. The zero-order valence-corrected chi connectivity index (χ0v) is 27.2. The summed E-state index contributed by atoms with van der Waals surface area (Å²) in [5.74, 6) is 3.35. The summed E-state index contributed by atoms with van der Waals surface area (Å²) in [6, 6.07) is 4.58. The topological polar surface area (TPSA) is 30.8 Å². The molecule has 0 bridgehead atoms. The van der Waals surface area contributed by atoms with Crippen LogP contribution in [-0.2, 0) is 22.3 Å². The van der Waals surface area contributed by atoms with Crippen molar-refractivity contribution < 1.29 is 9.47 Å². The first-order valence-corrected chi connectivity index (χ1v) is 14.6. The number of allylic oxidation sites excluding steroid dienone is 3. The highest BCUT2D eigenvalue weighted by atomic mass is 16.5. The molecule has 1 atom stereocenters. The van der Waals surface area contributed by atoms with Gasteiger partial charge in [0.1, 0.15) is 0 Å². The highest BCUT2D eigenvalue weighted by Gasteiger charge is 2.05. The van der Waals surface area contributed by atoms with Gasteiger partial charge in [-0.3, -0.25) is 0 Å². The molecule has 0 amide bonds. The Labute approximate surface area is 238 Å². The van der Waals surface area contributed by atoms with Crippen LogP contribution in [0.5, 0.6) is 0 Å². The molecule has 3 nitrogen and oxygen atoms in total. The van der Waals surface area contributed by atoms with Crippen molar-refractivity contribution in [3.63, 3.8) is 0 Å². The van der Waals surface area contributed by atoms with Crippen LogP contribution in [0.1, 0.15) is 116 Å². The highest BCUT2D eigenvalue weighted by molar-refractivity contribution is 5.86. The van der Waals surface area contributed by atoms with Gasteiger partial charge >= 0.3 is 0 Å². The Balaban J connectivity index is -0.000000443. The molecule has 218 valence electrons. The second-order valence-corrected chi connectivity index (χ2v) is 9.30. The minimum atomic E-state index is 0.416. The molecule has 1 aromatic carbocycles. The number of nitrogens with zero attached hydrogens (tertiary/aromatic N) is 1. The Kier molecular flexibility index (Phi) is 30.9. The summed E-state index contributed by atoms with van der Waals surface area (Å²) in [4.78, 5) is 4.27. The second kappa shape index (κ2) is 29.2. The molecule has 0 saturated heterocycles. The number of hydrogen-bond acceptors (Lipinski definition) is 3. The smallest absolute Gasteiger partial charge is 0.212 e. The molecule has 0 fully saturated rings. The summed E-state index contributed by atoms with van der Waals surface area (Å²) >= 11 is 0. The summed E-state index contributed by atoms with van der Waals surface area (Å²) in [5.41, 5.74) is 7.11. The lowest BCUT2D eigenvalue weighted by Crippen LogP contribution is -2.02. The minimum Gasteiger partial charge on any atom is -0.481 e. The molecule has 2 rings (SSSR count). The predicted octanol–water partition coefficient (Wildman–Crippen LogP) is 10.2. The number of aryl methyl sites for hydroxylation is 2. The van der Waals surface area contributed by atoms with Crippen LogP contribution in [0.3, 0.4) is 0 Å². The van der Waals surface area contributed by atoms with E-state index in [2.05, 4.69) is 88.7 Å². The van der Waals surface area contributed by atoms with Crippen molar-refractivity contribution >= 4 is 5.71 Å². The molecule has 0 radical (unpaired) electrons. The van der Waals surface area contributed by atoms with Gasteiger partial charge in [-0.05, 0) is 75.8 Å². The first-order chi connectivity index (χ1) is 18.2.